The number of aromatic nitrogens is 1. The number of rotatable bonds is 7. The maximum atomic E-state index is 9.69. The van der Waals surface area contributed by atoms with Crippen LogP contribution >= 0.6 is 0 Å². The predicted molar refractivity (Wildman–Crippen MR) is 112 cm³/mol. The van der Waals surface area contributed by atoms with Gasteiger partial charge in [-0.05, 0) is 36.1 Å². The van der Waals surface area contributed by atoms with Crippen molar-refractivity contribution in [3.63, 3.8) is 0 Å². The second-order valence-electron chi connectivity index (χ2n) is 6.76. The molecule has 1 aromatic heterocycles. The fraction of sp³-hybridized carbons (Fsp3) is 0.250. The quantitative estimate of drug-likeness (QED) is 0.652. The highest BCUT2D eigenvalue weighted by atomic mass is 16.5. The highest BCUT2D eigenvalue weighted by molar-refractivity contribution is 5.78. The van der Waals surface area contributed by atoms with Crippen molar-refractivity contribution in [2.24, 2.45) is 0 Å². The average Bonchev–Trinajstić information content (AvgIpc) is 2.73. The van der Waals surface area contributed by atoms with Gasteiger partial charge in [0.25, 0.3) is 5.82 Å². The van der Waals surface area contributed by atoms with E-state index in [1.807, 2.05) is 54.6 Å². The Balaban J connectivity index is 1.93. The number of ether oxygens (including phenoxy) is 1. The zero-order valence-corrected chi connectivity index (χ0v) is 16.5. The summed E-state index contributed by atoms with van der Waals surface area (Å²) in [6, 6.07) is 20.3. The summed E-state index contributed by atoms with van der Waals surface area (Å²) in [5.41, 5.74) is 12.0. The Morgan fingerprint density at radius 2 is 1.75 bits per heavy atom. The number of nitrogens with zero attached hydrogens (tertiary/aromatic N) is 1. The minimum atomic E-state index is 0.433. The first-order valence-electron chi connectivity index (χ1n) is 9.71. The van der Waals surface area contributed by atoms with Crippen LogP contribution in [0.5, 0.6) is 5.75 Å². The molecule has 4 heteroatoms. The molecule has 3 rings (SSSR count). The molecule has 3 aromatic rings. The third-order valence-corrected chi connectivity index (χ3v) is 4.83. The molecule has 3 N–H and O–H groups in total. The number of aromatic amines is 1. The molecule has 0 atom stereocenters. The predicted octanol–water partition coefficient (Wildman–Crippen LogP) is 4.72. The van der Waals surface area contributed by atoms with Crippen molar-refractivity contribution >= 4 is 5.82 Å². The van der Waals surface area contributed by atoms with Gasteiger partial charge in [0.1, 0.15) is 29.7 Å². The zero-order valence-electron chi connectivity index (χ0n) is 16.5. The molecule has 0 saturated carbocycles. The first-order chi connectivity index (χ1) is 13.7. The summed E-state index contributed by atoms with van der Waals surface area (Å²) >= 11 is 0. The molecule has 2 aromatic carbocycles. The van der Waals surface area contributed by atoms with Crippen molar-refractivity contribution in [1.29, 1.82) is 5.26 Å². The summed E-state index contributed by atoms with van der Waals surface area (Å²) in [6.07, 6.45) is 2.76. The van der Waals surface area contributed by atoms with Crippen molar-refractivity contribution in [3.05, 3.63) is 77.0 Å². The van der Waals surface area contributed by atoms with Crippen LogP contribution in [-0.2, 0) is 19.4 Å². The Hall–Kier alpha value is -3.32. The van der Waals surface area contributed by atoms with Gasteiger partial charge in [0, 0.05) is 17.5 Å². The number of nitrogen functional groups attached to an aromatic ring is 1. The number of H-pyrrole nitrogens is 1. The summed E-state index contributed by atoms with van der Waals surface area (Å²) in [7, 11) is 0. The molecule has 0 aliphatic rings. The summed E-state index contributed by atoms with van der Waals surface area (Å²) in [4.78, 5) is 3.24. The molecular formula is C24H26N3O+. The Bertz CT molecular complexity index is 973. The minimum absolute atomic E-state index is 0.433. The average molecular weight is 372 g/mol. The van der Waals surface area contributed by atoms with Gasteiger partial charge in [-0.3, -0.25) is 5.73 Å². The third kappa shape index (κ3) is 4.15. The molecule has 0 aliphatic carbocycles. The SMILES string of the molecule is CCCc1[nH+]c(N)c(C#N)c(-c2ccc(OCc3ccccc3)cc2)c1CC. The number of benzene rings is 2. The van der Waals surface area contributed by atoms with E-state index in [0.29, 0.717) is 18.0 Å². The lowest BCUT2D eigenvalue weighted by molar-refractivity contribution is -0.373. The normalized spacial score (nSPS) is 10.5. The van der Waals surface area contributed by atoms with Gasteiger partial charge in [-0.2, -0.15) is 5.26 Å². The number of nitriles is 1. The van der Waals surface area contributed by atoms with E-state index < -0.39 is 0 Å². The number of aryl methyl sites for hydroxylation is 1. The molecule has 0 spiro atoms. The van der Waals surface area contributed by atoms with Gasteiger partial charge in [0.05, 0.1) is 0 Å². The fourth-order valence-electron chi connectivity index (χ4n) is 3.48. The highest BCUT2D eigenvalue weighted by Gasteiger charge is 2.21. The van der Waals surface area contributed by atoms with Crippen LogP contribution in [0, 0.1) is 11.3 Å². The standard InChI is InChI=1S/C24H25N3O/c1-3-8-22-20(4-2)23(21(15-25)24(26)27-22)18-11-13-19(14-12-18)28-16-17-9-6-5-7-10-17/h5-7,9-14H,3-4,8,16H2,1-2H3,(H2,26,27)/p+1. The summed E-state index contributed by atoms with van der Waals surface area (Å²) < 4.78 is 5.89. The summed E-state index contributed by atoms with van der Waals surface area (Å²) in [6.45, 7) is 4.78. The third-order valence-electron chi connectivity index (χ3n) is 4.83. The molecule has 0 amide bonds. The number of hydrogen-bond acceptors (Lipinski definition) is 3. The molecule has 0 aliphatic heterocycles. The first-order valence-corrected chi connectivity index (χ1v) is 9.71. The van der Waals surface area contributed by atoms with Crippen LogP contribution in [0.25, 0.3) is 11.1 Å². The number of hydrogen-bond donors (Lipinski definition) is 1. The minimum Gasteiger partial charge on any atom is -0.489 e. The molecule has 0 radical (unpaired) electrons. The van der Waals surface area contributed by atoms with Crippen LogP contribution in [0.2, 0.25) is 0 Å². The van der Waals surface area contributed by atoms with Crippen LogP contribution in [0.15, 0.2) is 54.6 Å². The van der Waals surface area contributed by atoms with E-state index in [1.54, 1.807) is 0 Å². The maximum absolute atomic E-state index is 9.69. The van der Waals surface area contributed by atoms with Gasteiger partial charge in [0.2, 0.25) is 0 Å². The molecular weight excluding hydrogens is 346 g/mol. The van der Waals surface area contributed by atoms with Crippen LogP contribution in [0.1, 0.15) is 42.7 Å². The number of pyridine rings is 1. The second-order valence-corrected chi connectivity index (χ2v) is 6.76. The molecule has 0 unspecified atom stereocenters. The van der Waals surface area contributed by atoms with Crippen molar-refractivity contribution in [3.8, 4) is 22.9 Å². The number of nitrogens with one attached hydrogen (secondary N) is 1. The fourth-order valence-corrected chi connectivity index (χ4v) is 3.48. The summed E-state index contributed by atoms with van der Waals surface area (Å²) in [5.74, 6) is 1.23. The lowest BCUT2D eigenvalue weighted by Crippen LogP contribution is -2.22. The van der Waals surface area contributed by atoms with Gasteiger partial charge < -0.3 is 4.74 Å². The first kappa shape index (κ1) is 19.4. The highest BCUT2D eigenvalue weighted by Crippen LogP contribution is 2.32. The zero-order chi connectivity index (χ0) is 19.9. The molecule has 0 saturated heterocycles. The Morgan fingerprint density at radius 1 is 1.04 bits per heavy atom. The lowest BCUT2D eigenvalue weighted by atomic mass is 9.91. The monoisotopic (exact) mass is 372 g/mol. The maximum Gasteiger partial charge on any atom is 0.289 e. The van der Waals surface area contributed by atoms with E-state index in [9.17, 15) is 5.26 Å². The van der Waals surface area contributed by atoms with Crippen LogP contribution in [0.4, 0.5) is 5.82 Å². The van der Waals surface area contributed by atoms with Crippen molar-refractivity contribution < 1.29 is 9.72 Å². The Kier molecular flexibility index (Phi) is 6.29. The molecule has 0 fully saturated rings. The van der Waals surface area contributed by atoms with Gasteiger partial charge in [-0.1, -0.05) is 56.3 Å². The van der Waals surface area contributed by atoms with Gasteiger partial charge in [0.15, 0.2) is 0 Å². The van der Waals surface area contributed by atoms with Crippen molar-refractivity contribution in [2.75, 3.05) is 5.73 Å². The van der Waals surface area contributed by atoms with E-state index in [-0.39, 0.29) is 0 Å². The summed E-state index contributed by atoms with van der Waals surface area (Å²) in [5, 5.41) is 9.69. The number of nitrogens with two attached hydrogens (primary N) is 1. The van der Waals surface area contributed by atoms with Gasteiger partial charge >= 0.3 is 0 Å². The van der Waals surface area contributed by atoms with E-state index >= 15 is 0 Å². The van der Waals surface area contributed by atoms with Gasteiger partial charge in [-0.25, -0.2) is 4.98 Å². The second kappa shape index (κ2) is 9.05. The van der Waals surface area contributed by atoms with Crippen molar-refractivity contribution in [2.45, 2.75) is 39.7 Å². The smallest absolute Gasteiger partial charge is 0.289 e. The van der Waals surface area contributed by atoms with E-state index in [4.69, 9.17) is 10.5 Å². The largest absolute Gasteiger partial charge is 0.489 e. The van der Waals surface area contributed by atoms with Gasteiger partial charge in [-0.15, -0.1) is 0 Å². The number of anilines is 1. The van der Waals surface area contributed by atoms with E-state index in [0.717, 1.165) is 53.0 Å². The Morgan fingerprint density at radius 3 is 2.36 bits per heavy atom. The van der Waals surface area contributed by atoms with Crippen LogP contribution in [-0.4, -0.2) is 0 Å². The molecule has 142 valence electrons. The topological polar surface area (TPSA) is 73.2 Å². The van der Waals surface area contributed by atoms with E-state index in [1.165, 1.54) is 0 Å². The van der Waals surface area contributed by atoms with E-state index in [2.05, 4.69) is 24.9 Å². The lowest BCUT2D eigenvalue weighted by Gasteiger charge is -2.14. The molecule has 1 heterocycles. The van der Waals surface area contributed by atoms with Crippen LogP contribution in [0.3, 0.4) is 0 Å². The Labute approximate surface area is 166 Å². The molecule has 28 heavy (non-hydrogen) atoms. The molecule has 0 bridgehead atoms. The van der Waals surface area contributed by atoms with Crippen LogP contribution < -0.4 is 15.5 Å². The van der Waals surface area contributed by atoms with Crippen molar-refractivity contribution in [1.82, 2.24) is 0 Å². The molecule has 4 nitrogen and oxygen atoms in total.